The Labute approximate surface area is 222 Å². The number of rotatable bonds is 1. The fourth-order valence-corrected chi connectivity index (χ4v) is 5.99. The van der Waals surface area contributed by atoms with Crippen LogP contribution in [0.25, 0.3) is 0 Å². The molecular weight excluding hydrogens is 629 g/mol. The zero-order valence-corrected chi connectivity index (χ0v) is 24.3. The molecule has 0 amide bonds. The first-order chi connectivity index (χ1) is 14.7. The van der Waals surface area contributed by atoms with Gasteiger partial charge in [0.1, 0.15) is 0 Å². The molecule has 0 radical (unpaired) electrons. The number of benzene rings is 2. The van der Waals surface area contributed by atoms with Crippen molar-refractivity contribution in [3.05, 3.63) is 59.9 Å². The molecule has 2 aromatic carbocycles. The van der Waals surface area contributed by atoms with Crippen LogP contribution in [0.3, 0.4) is 0 Å². The molecule has 2 heterocycles. The summed E-state index contributed by atoms with van der Waals surface area (Å²) >= 11 is 21.8. The second kappa shape index (κ2) is 14.4. The Kier molecular flexibility index (Phi) is 12.8. The lowest BCUT2D eigenvalue weighted by Crippen LogP contribution is -2.44. The van der Waals surface area contributed by atoms with Gasteiger partial charge in [0.15, 0.2) is 0 Å². The molecular formula is C23H30Br3Cl2N3. The van der Waals surface area contributed by atoms with E-state index in [0.717, 1.165) is 49.6 Å². The van der Waals surface area contributed by atoms with Crippen molar-refractivity contribution >= 4 is 76.7 Å². The van der Waals surface area contributed by atoms with Gasteiger partial charge in [0.05, 0.1) is 0 Å². The zero-order valence-electron chi connectivity index (χ0n) is 18.1. The predicted molar refractivity (Wildman–Crippen MR) is 147 cm³/mol. The van der Waals surface area contributed by atoms with E-state index in [-0.39, 0.29) is 0 Å². The number of halogens is 5. The summed E-state index contributed by atoms with van der Waals surface area (Å²) in [6, 6.07) is 11.7. The Balaban J connectivity index is 0.000000181. The summed E-state index contributed by atoms with van der Waals surface area (Å²) in [6.07, 6.45) is 4.28. The highest BCUT2D eigenvalue weighted by Gasteiger charge is 2.14. The Bertz CT molecular complexity index is 738. The van der Waals surface area contributed by atoms with Crippen LogP contribution in [-0.2, 0) is 0 Å². The van der Waals surface area contributed by atoms with Crippen LogP contribution in [0.1, 0.15) is 19.3 Å². The maximum Gasteiger partial charge on any atom is 0.0437 e. The molecule has 0 aromatic heterocycles. The van der Waals surface area contributed by atoms with Crippen LogP contribution < -0.4 is 4.90 Å². The average Bonchev–Trinajstić information content (AvgIpc) is 2.68. The molecule has 172 valence electrons. The lowest BCUT2D eigenvalue weighted by Gasteiger charge is -2.34. The van der Waals surface area contributed by atoms with Crippen LogP contribution >= 0.6 is 71.0 Å². The zero-order chi connectivity index (χ0) is 22.8. The van der Waals surface area contributed by atoms with E-state index in [4.69, 9.17) is 23.2 Å². The standard InChI is InChI=1S/C11H14BrClN2.C6H3Br2Cl.C6H13N/c1-14-2-4-15(5-3-14)11-7-9(12)6-10(13)8-11;7-4-1-5(8)3-6(9)2-4;1-7-5-3-2-4-6-7/h6-8H,2-5H2,1H3;1-3H;2-6H2,1H3. The second-order valence-corrected chi connectivity index (χ2v) is 11.5. The van der Waals surface area contributed by atoms with E-state index in [0.29, 0.717) is 0 Å². The van der Waals surface area contributed by atoms with Crippen molar-refractivity contribution < 1.29 is 0 Å². The summed E-state index contributed by atoms with van der Waals surface area (Å²) in [5, 5.41) is 1.52. The van der Waals surface area contributed by atoms with Crippen LogP contribution in [-0.4, -0.2) is 63.2 Å². The highest BCUT2D eigenvalue weighted by Crippen LogP contribution is 2.26. The first-order valence-electron chi connectivity index (χ1n) is 10.4. The third kappa shape index (κ3) is 11.2. The molecule has 2 aliphatic heterocycles. The van der Waals surface area contributed by atoms with E-state index in [9.17, 15) is 0 Å². The van der Waals surface area contributed by atoms with E-state index in [1.165, 1.54) is 38.0 Å². The van der Waals surface area contributed by atoms with E-state index in [2.05, 4.69) is 82.7 Å². The molecule has 2 fully saturated rings. The first-order valence-corrected chi connectivity index (χ1v) is 13.6. The number of likely N-dealkylation sites (N-methyl/N-ethyl adjacent to an activating group) is 1. The molecule has 0 atom stereocenters. The summed E-state index contributed by atoms with van der Waals surface area (Å²) in [6.45, 7) is 7.01. The van der Waals surface area contributed by atoms with Gasteiger partial charge >= 0.3 is 0 Å². The normalized spacial score (nSPS) is 17.3. The van der Waals surface area contributed by atoms with Crippen molar-refractivity contribution in [3.63, 3.8) is 0 Å². The molecule has 0 aliphatic carbocycles. The Morgan fingerprint density at radius 3 is 1.45 bits per heavy atom. The smallest absolute Gasteiger partial charge is 0.0437 e. The molecule has 0 N–H and O–H groups in total. The minimum Gasteiger partial charge on any atom is -0.369 e. The van der Waals surface area contributed by atoms with Crippen molar-refractivity contribution in [3.8, 4) is 0 Å². The van der Waals surface area contributed by atoms with E-state index >= 15 is 0 Å². The highest BCUT2D eigenvalue weighted by atomic mass is 79.9. The third-order valence-corrected chi connectivity index (χ3v) is 6.93. The summed E-state index contributed by atoms with van der Waals surface area (Å²) in [5.74, 6) is 0. The van der Waals surface area contributed by atoms with E-state index in [1.54, 1.807) is 0 Å². The SMILES string of the molecule is CN1CCCCC1.CN1CCN(c2cc(Cl)cc(Br)c2)CC1.Clc1cc(Br)cc(Br)c1. The molecule has 0 bridgehead atoms. The molecule has 0 saturated carbocycles. The quantitative estimate of drug-likeness (QED) is 0.310. The van der Waals surface area contributed by atoms with Crippen molar-refractivity contribution in [1.82, 2.24) is 9.80 Å². The van der Waals surface area contributed by atoms with Gasteiger partial charge in [0.2, 0.25) is 0 Å². The van der Waals surface area contributed by atoms with Gasteiger partial charge in [-0.15, -0.1) is 0 Å². The third-order valence-electron chi connectivity index (χ3n) is 5.12. The highest BCUT2D eigenvalue weighted by molar-refractivity contribution is 9.11. The fraction of sp³-hybridized carbons (Fsp3) is 0.478. The van der Waals surface area contributed by atoms with Gasteiger partial charge in [-0.1, -0.05) is 77.4 Å². The van der Waals surface area contributed by atoms with E-state index in [1.807, 2.05) is 30.3 Å². The first kappa shape index (κ1) is 27.4. The Morgan fingerprint density at radius 1 is 0.581 bits per heavy atom. The van der Waals surface area contributed by atoms with Gasteiger partial charge in [-0.2, -0.15) is 0 Å². The largest absolute Gasteiger partial charge is 0.369 e. The fourth-order valence-electron chi connectivity index (χ4n) is 3.36. The maximum atomic E-state index is 6.03. The molecule has 8 heteroatoms. The molecule has 31 heavy (non-hydrogen) atoms. The summed E-state index contributed by atoms with van der Waals surface area (Å²) < 4.78 is 3.02. The van der Waals surface area contributed by atoms with Gasteiger partial charge in [0.25, 0.3) is 0 Å². The molecule has 0 unspecified atom stereocenters. The van der Waals surface area contributed by atoms with Crippen molar-refractivity contribution in [2.75, 3.05) is 58.3 Å². The van der Waals surface area contributed by atoms with Gasteiger partial charge < -0.3 is 14.7 Å². The number of piperazine rings is 1. The summed E-state index contributed by atoms with van der Waals surface area (Å²) in [7, 11) is 4.35. The van der Waals surface area contributed by atoms with Gasteiger partial charge in [-0.25, -0.2) is 0 Å². The predicted octanol–water partition coefficient (Wildman–Crippen LogP) is 7.82. The van der Waals surface area contributed by atoms with Crippen LogP contribution in [0, 0.1) is 0 Å². The van der Waals surface area contributed by atoms with E-state index < -0.39 is 0 Å². The summed E-state index contributed by atoms with van der Waals surface area (Å²) in [5.41, 5.74) is 1.21. The molecule has 4 rings (SSSR count). The molecule has 2 aromatic rings. The van der Waals surface area contributed by atoms with Gasteiger partial charge in [-0.3, -0.25) is 0 Å². The average molecular weight is 659 g/mol. The number of hydrogen-bond donors (Lipinski definition) is 0. The minimum atomic E-state index is 0.733. The second-order valence-electron chi connectivity index (χ2n) is 7.87. The van der Waals surface area contributed by atoms with Crippen LogP contribution in [0.5, 0.6) is 0 Å². The van der Waals surface area contributed by atoms with Gasteiger partial charge in [0, 0.05) is 55.3 Å². The lowest BCUT2D eigenvalue weighted by atomic mass is 10.1. The van der Waals surface area contributed by atoms with Gasteiger partial charge in [-0.05, 0) is 76.4 Å². The molecule has 2 aliphatic rings. The summed E-state index contributed by atoms with van der Waals surface area (Å²) in [4.78, 5) is 7.11. The van der Waals surface area contributed by atoms with Crippen LogP contribution in [0.15, 0.2) is 49.8 Å². The number of anilines is 1. The van der Waals surface area contributed by atoms with Crippen LogP contribution in [0.2, 0.25) is 10.0 Å². The molecule has 0 spiro atoms. The monoisotopic (exact) mass is 655 g/mol. The Hall–Kier alpha value is 0.180. The molecule has 2 saturated heterocycles. The number of likely N-dealkylation sites (tertiary alicyclic amines) is 1. The maximum absolute atomic E-state index is 6.03. The number of hydrogen-bond acceptors (Lipinski definition) is 3. The van der Waals surface area contributed by atoms with Crippen molar-refractivity contribution in [1.29, 1.82) is 0 Å². The van der Waals surface area contributed by atoms with Crippen molar-refractivity contribution in [2.45, 2.75) is 19.3 Å². The topological polar surface area (TPSA) is 9.72 Å². The molecule has 3 nitrogen and oxygen atoms in total. The van der Waals surface area contributed by atoms with Crippen LogP contribution in [0.4, 0.5) is 5.69 Å². The minimum absolute atomic E-state index is 0.733. The number of nitrogens with zero attached hydrogens (tertiary/aromatic N) is 3. The lowest BCUT2D eigenvalue weighted by molar-refractivity contribution is 0.277. The van der Waals surface area contributed by atoms with Crippen molar-refractivity contribution in [2.24, 2.45) is 0 Å². The number of piperidine rings is 1. The Morgan fingerprint density at radius 2 is 1.03 bits per heavy atom.